The molecule has 168 valence electrons. The van der Waals surface area contributed by atoms with E-state index >= 15 is 0 Å². The summed E-state index contributed by atoms with van der Waals surface area (Å²) in [4.78, 5) is 36.8. The minimum absolute atomic E-state index is 0.00500. The summed E-state index contributed by atoms with van der Waals surface area (Å²) in [6.45, 7) is 3.59. The molecular formula is C23H21Cl2NO6. The lowest BCUT2D eigenvalue weighted by Gasteiger charge is -2.17. The first kappa shape index (κ1) is 23.6. The van der Waals surface area contributed by atoms with Gasteiger partial charge in [0.15, 0.2) is 5.75 Å². The van der Waals surface area contributed by atoms with Crippen LogP contribution in [0, 0.1) is 6.92 Å². The smallest absolute Gasteiger partial charge is 0.408 e. The number of carbonyl (C=O) groups excluding carboxylic acids is 2. The number of rotatable bonds is 7. The van der Waals surface area contributed by atoms with Gasteiger partial charge in [-0.2, -0.15) is 0 Å². The fourth-order valence-corrected chi connectivity index (χ4v) is 3.37. The first-order valence-corrected chi connectivity index (χ1v) is 10.7. The maximum absolute atomic E-state index is 12.7. The predicted molar refractivity (Wildman–Crippen MR) is 121 cm³/mol. The van der Waals surface area contributed by atoms with Crippen LogP contribution in [-0.2, 0) is 16.1 Å². The van der Waals surface area contributed by atoms with E-state index in [2.05, 4.69) is 5.32 Å². The van der Waals surface area contributed by atoms with Crippen molar-refractivity contribution in [1.82, 2.24) is 5.32 Å². The lowest BCUT2D eigenvalue weighted by molar-refractivity contribution is -0.136. The molecule has 0 bridgehead atoms. The number of alkyl carbamates (subject to hydrolysis) is 1. The normalized spacial score (nSPS) is 11.8. The van der Waals surface area contributed by atoms with Crippen LogP contribution in [0.3, 0.4) is 0 Å². The summed E-state index contributed by atoms with van der Waals surface area (Å²) in [5.74, 6) is -0.729. The molecule has 0 radical (unpaired) electrons. The Morgan fingerprint density at radius 1 is 1.16 bits per heavy atom. The highest BCUT2D eigenvalue weighted by Crippen LogP contribution is 2.33. The van der Waals surface area contributed by atoms with Gasteiger partial charge in [-0.05, 0) is 30.5 Å². The lowest BCUT2D eigenvalue weighted by Crippen LogP contribution is -2.43. The molecule has 0 fully saturated rings. The van der Waals surface area contributed by atoms with E-state index in [-0.39, 0.29) is 28.0 Å². The Morgan fingerprint density at radius 3 is 2.56 bits per heavy atom. The molecule has 1 atom stereocenters. The third-order valence-electron chi connectivity index (χ3n) is 4.73. The molecule has 0 spiro atoms. The molecule has 1 amide bonds. The number of benzene rings is 2. The predicted octanol–water partition coefficient (Wildman–Crippen LogP) is 5.41. The highest BCUT2D eigenvalue weighted by atomic mass is 35.5. The Morgan fingerprint density at radius 2 is 1.88 bits per heavy atom. The van der Waals surface area contributed by atoms with Crippen LogP contribution in [0.1, 0.15) is 30.9 Å². The van der Waals surface area contributed by atoms with Gasteiger partial charge in [0.05, 0.1) is 5.02 Å². The SMILES string of the molecule is CCC[C@H](NC(=O)OCc1ccccc1)C(=O)Oc1cc2oc(=O)c(Cl)c(C)c2cc1Cl. The van der Waals surface area contributed by atoms with E-state index in [9.17, 15) is 14.4 Å². The zero-order chi connectivity index (χ0) is 23.3. The molecule has 0 aliphatic rings. The monoisotopic (exact) mass is 477 g/mol. The standard InChI is InChI=1S/C23H21Cl2NO6/c1-3-7-17(26-23(29)30-12-14-8-5-4-6-9-14)21(27)32-19-11-18-15(10-16(19)24)13(2)20(25)22(28)31-18/h4-6,8-11,17H,3,7,12H2,1-2H3,(H,26,29)/t17-/m0/s1. The second-order valence-electron chi connectivity index (χ2n) is 7.08. The molecule has 1 aromatic heterocycles. The maximum atomic E-state index is 12.7. The second-order valence-corrected chi connectivity index (χ2v) is 7.86. The quantitative estimate of drug-likeness (QED) is 0.277. The van der Waals surface area contributed by atoms with E-state index in [4.69, 9.17) is 37.1 Å². The molecule has 0 aliphatic carbocycles. The molecule has 0 unspecified atom stereocenters. The van der Waals surface area contributed by atoms with Gasteiger partial charge in [-0.15, -0.1) is 0 Å². The largest absolute Gasteiger partial charge is 0.445 e. The van der Waals surface area contributed by atoms with Crippen LogP contribution in [0.5, 0.6) is 5.75 Å². The number of aryl methyl sites for hydroxylation is 1. The van der Waals surface area contributed by atoms with E-state index in [1.165, 1.54) is 12.1 Å². The van der Waals surface area contributed by atoms with E-state index in [1.54, 1.807) is 6.92 Å². The topological polar surface area (TPSA) is 94.8 Å². The van der Waals surface area contributed by atoms with Gasteiger partial charge in [0.2, 0.25) is 0 Å². The molecule has 3 rings (SSSR count). The zero-order valence-electron chi connectivity index (χ0n) is 17.4. The molecule has 32 heavy (non-hydrogen) atoms. The summed E-state index contributed by atoms with van der Waals surface area (Å²) >= 11 is 12.2. The van der Waals surface area contributed by atoms with Gasteiger partial charge in [-0.1, -0.05) is 66.9 Å². The van der Waals surface area contributed by atoms with E-state index in [0.29, 0.717) is 23.8 Å². The fourth-order valence-electron chi connectivity index (χ4n) is 3.03. The van der Waals surface area contributed by atoms with E-state index in [1.807, 2.05) is 37.3 Å². The summed E-state index contributed by atoms with van der Waals surface area (Å²) in [7, 11) is 0. The fraction of sp³-hybridized carbons (Fsp3) is 0.261. The molecule has 0 saturated carbocycles. The number of carbonyl (C=O) groups is 2. The van der Waals surface area contributed by atoms with Crippen LogP contribution >= 0.6 is 23.2 Å². The Kier molecular flexibility index (Phi) is 7.77. The molecule has 9 heteroatoms. The van der Waals surface area contributed by atoms with Gasteiger partial charge in [-0.25, -0.2) is 14.4 Å². The van der Waals surface area contributed by atoms with Gasteiger partial charge in [0.1, 0.15) is 23.3 Å². The maximum Gasteiger partial charge on any atom is 0.408 e. The Hall–Kier alpha value is -3.03. The first-order valence-electron chi connectivity index (χ1n) is 9.91. The van der Waals surface area contributed by atoms with Crippen molar-refractivity contribution in [3.63, 3.8) is 0 Å². The summed E-state index contributed by atoms with van der Waals surface area (Å²) in [5, 5.41) is 3.12. The molecular weight excluding hydrogens is 457 g/mol. The Bertz CT molecular complexity index is 1190. The van der Waals surface area contributed by atoms with Crippen LogP contribution in [0.15, 0.2) is 51.7 Å². The Balaban J connectivity index is 1.73. The van der Waals surface area contributed by atoms with E-state index in [0.717, 1.165) is 5.56 Å². The van der Waals surface area contributed by atoms with Crippen LogP contribution in [0.2, 0.25) is 10.0 Å². The second kappa shape index (κ2) is 10.5. The molecule has 2 aromatic carbocycles. The number of esters is 1. The molecule has 3 aromatic rings. The molecule has 1 N–H and O–H groups in total. The van der Waals surface area contributed by atoms with Crippen LogP contribution in [0.25, 0.3) is 11.0 Å². The third kappa shape index (κ3) is 5.60. The summed E-state index contributed by atoms with van der Waals surface area (Å²) in [6.07, 6.45) is 0.190. The van der Waals surface area contributed by atoms with E-state index < -0.39 is 23.7 Å². The molecule has 0 aliphatic heterocycles. The highest BCUT2D eigenvalue weighted by Gasteiger charge is 2.24. The number of hydrogen-bond acceptors (Lipinski definition) is 6. The lowest BCUT2D eigenvalue weighted by atomic mass is 10.1. The van der Waals surface area contributed by atoms with Crippen molar-refractivity contribution >= 4 is 46.2 Å². The van der Waals surface area contributed by atoms with Gasteiger partial charge in [0, 0.05) is 11.5 Å². The average molecular weight is 478 g/mol. The minimum atomic E-state index is -0.950. The van der Waals surface area contributed by atoms with Crippen LogP contribution < -0.4 is 15.7 Å². The number of hydrogen-bond donors (Lipinski definition) is 1. The van der Waals surface area contributed by atoms with Crippen molar-refractivity contribution in [2.75, 3.05) is 0 Å². The van der Waals surface area contributed by atoms with Crippen molar-refractivity contribution in [3.8, 4) is 5.75 Å². The van der Waals surface area contributed by atoms with Gasteiger partial charge in [0.25, 0.3) is 0 Å². The summed E-state index contributed by atoms with van der Waals surface area (Å²) in [6, 6.07) is 11.1. The van der Waals surface area contributed by atoms with Gasteiger partial charge >= 0.3 is 17.7 Å². The third-order valence-corrected chi connectivity index (χ3v) is 5.46. The number of nitrogens with one attached hydrogen (secondary N) is 1. The van der Waals surface area contributed by atoms with Crippen molar-refractivity contribution in [1.29, 1.82) is 0 Å². The van der Waals surface area contributed by atoms with Crippen molar-refractivity contribution < 1.29 is 23.5 Å². The molecule has 0 saturated heterocycles. The summed E-state index contributed by atoms with van der Waals surface area (Å²) < 4.78 is 15.8. The number of amides is 1. The van der Waals surface area contributed by atoms with Crippen molar-refractivity contribution in [2.45, 2.75) is 39.3 Å². The first-order chi connectivity index (χ1) is 15.3. The van der Waals surface area contributed by atoms with Crippen molar-refractivity contribution in [2.24, 2.45) is 0 Å². The van der Waals surface area contributed by atoms with Crippen LogP contribution in [-0.4, -0.2) is 18.1 Å². The number of ether oxygens (including phenoxy) is 2. The number of halogens is 2. The van der Waals surface area contributed by atoms with Gasteiger partial charge in [-0.3, -0.25) is 0 Å². The van der Waals surface area contributed by atoms with Crippen LogP contribution in [0.4, 0.5) is 4.79 Å². The zero-order valence-corrected chi connectivity index (χ0v) is 19.0. The van der Waals surface area contributed by atoms with Gasteiger partial charge < -0.3 is 19.2 Å². The molecule has 7 nitrogen and oxygen atoms in total. The van der Waals surface area contributed by atoms with Crippen molar-refractivity contribution in [3.05, 3.63) is 74.1 Å². The average Bonchev–Trinajstić information content (AvgIpc) is 2.78. The number of fused-ring (bicyclic) bond motifs is 1. The minimum Gasteiger partial charge on any atom is -0.445 e. The molecule has 1 heterocycles. The highest BCUT2D eigenvalue weighted by molar-refractivity contribution is 6.34. The summed E-state index contributed by atoms with van der Waals surface area (Å²) in [5.41, 5.74) is 0.788. The Labute approximate surface area is 194 Å².